The molecule has 0 aliphatic heterocycles. The van der Waals surface area contributed by atoms with Gasteiger partial charge in [0.15, 0.2) is 0 Å². The number of amides is 1. The maximum Gasteiger partial charge on any atom is 0.255 e. The summed E-state index contributed by atoms with van der Waals surface area (Å²) < 4.78 is 0. The summed E-state index contributed by atoms with van der Waals surface area (Å²) in [4.78, 5) is 12.0. The van der Waals surface area contributed by atoms with Gasteiger partial charge >= 0.3 is 0 Å². The van der Waals surface area contributed by atoms with Crippen LogP contribution in [0.15, 0.2) is 48.5 Å². The molecule has 0 atom stereocenters. The normalized spacial score (nSPS) is 9.68. The van der Waals surface area contributed by atoms with Gasteiger partial charge in [-0.3, -0.25) is 4.79 Å². The summed E-state index contributed by atoms with van der Waals surface area (Å²) in [5.74, 6) is -0.203. The van der Waals surface area contributed by atoms with E-state index in [0.717, 1.165) is 5.56 Å². The largest absolute Gasteiger partial charge is 0.322 e. The van der Waals surface area contributed by atoms with Crippen molar-refractivity contribution in [2.24, 2.45) is 0 Å². The minimum Gasteiger partial charge on any atom is -0.322 e. The Bertz CT molecular complexity index is 629. The summed E-state index contributed by atoms with van der Waals surface area (Å²) in [6.45, 7) is 0. The van der Waals surface area contributed by atoms with Gasteiger partial charge in [0, 0.05) is 16.3 Å². The highest BCUT2D eigenvalue weighted by atomic mass is 35.5. The van der Waals surface area contributed by atoms with Crippen molar-refractivity contribution in [1.29, 1.82) is 5.26 Å². The van der Waals surface area contributed by atoms with Gasteiger partial charge in [0.1, 0.15) is 0 Å². The van der Waals surface area contributed by atoms with Gasteiger partial charge in [-0.15, -0.1) is 0 Å². The van der Waals surface area contributed by atoms with Gasteiger partial charge in [-0.05, 0) is 35.9 Å². The van der Waals surface area contributed by atoms with E-state index in [-0.39, 0.29) is 5.91 Å². The number of hydrogen-bond donors (Lipinski definition) is 1. The van der Waals surface area contributed by atoms with Gasteiger partial charge in [-0.25, -0.2) is 0 Å². The molecular weight excluding hydrogens is 260 g/mol. The van der Waals surface area contributed by atoms with Crippen molar-refractivity contribution >= 4 is 23.2 Å². The van der Waals surface area contributed by atoms with Crippen LogP contribution in [0.5, 0.6) is 0 Å². The summed E-state index contributed by atoms with van der Waals surface area (Å²) in [6, 6.07) is 16.0. The number of nitriles is 1. The van der Waals surface area contributed by atoms with Crippen LogP contribution < -0.4 is 5.32 Å². The van der Waals surface area contributed by atoms with E-state index in [1.807, 2.05) is 0 Å². The predicted molar refractivity (Wildman–Crippen MR) is 75.2 cm³/mol. The Morgan fingerprint density at radius 1 is 1.21 bits per heavy atom. The van der Waals surface area contributed by atoms with Gasteiger partial charge in [0.05, 0.1) is 12.5 Å². The molecule has 0 saturated heterocycles. The molecule has 0 aromatic heterocycles. The fourth-order valence-electron chi connectivity index (χ4n) is 1.63. The van der Waals surface area contributed by atoms with Crippen LogP contribution in [0.4, 0.5) is 5.69 Å². The minimum atomic E-state index is -0.203. The van der Waals surface area contributed by atoms with Gasteiger partial charge in [-0.1, -0.05) is 29.8 Å². The van der Waals surface area contributed by atoms with Crippen molar-refractivity contribution < 1.29 is 4.79 Å². The number of carbonyl (C=O) groups excluding carboxylic acids is 1. The molecule has 1 N–H and O–H groups in total. The fourth-order valence-corrected chi connectivity index (χ4v) is 1.83. The zero-order chi connectivity index (χ0) is 13.7. The molecule has 2 rings (SSSR count). The molecule has 2 aromatic rings. The molecule has 0 heterocycles. The quantitative estimate of drug-likeness (QED) is 0.925. The molecule has 0 radical (unpaired) electrons. The Hall–Kier alpha value is -2.31. The van der Waals surface area contributed by atoms with E-state index in [1.54, 1.807) is 48.5 Å². The van der Waals surface area contributed by atoms with Crippen molar-refractivity contribution in [2.75, 3.05) is 5.32 Å². The summed E-state index contributed by atoms with van der Waals surface area (Å²) in [6.07, 6.45) is 0.343. The van der Waals surface area contributed by atoms with E-state index in [1.165, 1.54) is 0 Å². The van der Waals surface area contributed by atoms with Gasteiger partial charge in [0.25, 0.3) is 5.91 Å². The molecule has 0 aliphatic rings. The SMILES string of the molecule is N#CCc1ccc(C(=O)Nc2cccc(Cl)c2)cc1. The van der Waals surface area contributed by atoms with Crippen LogP contribution in [0.25, 0.3) is 0 Å². The Kier molecular flexibility index (Phi) is 4.17. The molecule has 0 fully saturated rings. The van der Waals surface area contributed by atoms with Crippen LogP contribution in [0.3, 0.4) is 0 Å². The van der Waals surface area contributed by atoms with E-state index in [9.17, 15) is 4.79 Å². The molecule has 0 unspecified atom stereocenters. The van der Waals surface area contributed by atoms with Crippen LogP contribution in [-0.4, -0.2) is 5.91 Å². The standard InChI is InChI=1S/C15H11ClN2O/c16-13-2-1-3-14(10-13)18-15(19)12-6-4-11(5-7-12)8-9-17/h1-7,10H,8H2,(H,18,19). The minimum absolute atomic E-state index is 0.203. The second-order valence-corrected chi connectivity index (χ2v) is 4.43. The van der Waals surface area contributed by atoms with E-state index in [4.69, 9.17) is 16.9 Å². The maximum atomic E-state index is 12.0. The lowest BCUT2D eigenvalue weighted by Gasteiger charge is -2.06. The third-order valence-corrected chi connectivity index (χ3v) is 2.82. The maximum absolute atomic E-state index is 12.0. The molecule has 4 heteroatoms. The molecular formula is C15H11ClN2O. The number of nitrogens with zero attached hydrogens (tertiary/aromatic N) is 1. The molecule has 0 saturated carbocycles. The number of rotatable bonds is 3. The number of nitrogens with one attached hydrogen (secondary N) is 1. The summed E-state index contributed by atoms with van der Waals surface area (Å²) in [5, 5.41) is 11.9. The second kappa shape index (κ2) is 6.03. The first kappa shape index (κ1) is 13.1. The first-order valence-electron chi connectivity index (χ1n) is 5.72. The Balaban J connectivity index is 2.10. The van der Waals surface area contributed by atoms with E-state index in [2.05, 4.69) is 11.4 Å². The van der Waals surface area contributed by atoms with Crippen LogP contribution >= 0.6 is 11.6 Å². The number of halogens is 1. The zero-order valence-electron chi connectivity index (χ0n) is 10.1. The summed E-state index contributed by atoms with van der Waals surface area (Å²) in [7, 11) is 0. The highest BCUT2D eigenvalue weighted by molar-refractivity contribution is 6.30. The van der Waals surface area contributed by atoms with Crippen molar-refractivity contribution in [3.8, 4) is 6.07 Å². The van der Waals surface area contributed by atoms with Gasteiger partial charge in [0.2, 0.25) is 0 Å². The van der Waals surface area contributed by atoms with E-state index in [0.29, 0.717) is 22.7 Å². The molecule has 19 heavy (non-hydrogen) atoms. The van der Waals surface area contributed by atoms with Crippen molar-refractivity contribution in [3.05, 3.63) is 64.7 Å². The van der Waals surface area contributed by atoms with Crippen LogP contribution in [0.2, 0.25) is 5.02 Å². The summed E-state index contributed by atoms with van der Waals surface area (Å²) >= 11 is 5.85. The lowest BCUT2D eigenvalue weighted by Crippen LogP contribution is -2.11. The Morgan fingerprint density at radius 3 is 2.58 bits per heavy atom. The monoisotopic (exact) mass is 270 g/mol. The topological polar surface area (TPSA) is 52.9 Å². The molecule has 2 aromatic carbocycles. The van der Waals surface area contributed by atoms with Crippen LogP contribution in [0, 0.1) is 11.3 Å². The number of carbonyl (C=O) groups is 1. The zero-order valence-corrected chi connectivity index (χ0v) is 10.8. The summed E-state index contributed by atoms with van der Waals surface area (Å²) in [5.41, 5.74) is 2.09. The van der Waals surface area contributed by atoms with Gasteiger partial charge in [-0.2, -0.15) is 5.26 Å². The van der Waals surface area contributed by atoms with Crippen molar-refractivity contribution in [1.82, 2.24) is 0 Å². The first-order valence-corrected chi connectivity index (χ1v) is 6.09. The second-order valence-electron chi connectivity index (χ2n) is 4.00. The average Bonchev–Trinajstić information content (AvgIpc) is 2.40. The van der Waals surface area contributed by atoms with Crippen LogP contribution in [0.1, 0.15) is 15.9 Å². The van der Waals surface area contributed by atoms with E-state index < -0.39 is 0 Å². The number of benzene rings is 2. The highest BCUT2D eigenvalue weighted by Gasteiger charge is 2.06. The molecule has 94 valence electrons. The third kappa shape index (κ3) is 3.57. The lowest BCUT2D eigenvalue weighted by atomic mass is 10.1. The van der Waals surface area contributed by atoms with Crippen molar-refractivity contribution in [3.63, 3.8) is 0 Å². The molecule has 0 aliphatic carbocycles. The van der Waals surface area contributed by atoms with Gasteiger partial charge < -0.3 is 5.32 Å². The molecule has 0 spiro atoms. The number of anilines is 1. The smallest absolute Gasteiger partial charge is 0.255 e. The average molecular weight is 271 g/mol. The highest BCUT2D eigenvalue weighted by Crippen LogP contribution is 2.16. The van der Waals surface area contributed by atoms with Crippen LogP contribution in [-0.2, 0) is 6.42 Å². The fraction of sp³-hybridized carbons (Fsp3) is 0.0667. The Morgan fingerprint density at radius 2 is 1.95 bits per heavy atom. The molecule has 0 bridgehead atoms. The molecule has 3 nitrogen and oxygen atoms in total. The molecule has 1 amide bonds. The van der Waals surface area contributed by atoms with E-state index >= 15 is 0 Å². The third-order valence-electron chi connectivity index (χ3n) is 2.58. The lowest BCUT2D eigenvalue weighted by molar-refractivity contribution is 0.102. The van der Waals surface area contributed by atoms with Crippen molar-refractivity contribution in [2.45, 2.75) is 6.42 Å². The number of hydrogen-bond acceptors (Lipinski definition) is 2. The first-order chi connectivity index (χ1) is 9.19. The Labute approximate surface area is 116 Å². The predicted octanol–water partition coefficient (Wildman–Crippen LogP) is 3.66.